The Labute approximate surface area is 201 Å². The Morgan fingerprint density at radius 3 is 2.59 bits per heavy atom. The van der Waals surface area contributed by atoms with Gasteiger partial charge in [0, 0.05) is 37.8 Å². The van der Waals surface area contributed by atoms with Crippen molar-refractivity contribution in [1.82, 2.24) is 14.5 Å². The number of hydrogen-bond donors (Lipinski definition) is 3. The number of nitrogens with zero attached hydrogens (tertiary/aromatic N) is 2. The van der Waals surface area contributed by atoms with Crippen molar-refractivity contribution < 1.29 is 19.4 Å². The van der Waals surface area contributed by atoms with Crippen LogP contribution < -0.4 is 21.7 Å². The maximum atomic E-state index is 13.0. The van der Waals surface area contributed by atoms with Gasteiger partial charge in [-0.3, -0.25) is 19.1 Å². The van der Waals surface area contributed by atoms with Crippen molar-refractivity contribution in [3.8, 4) is 5.75 Å². The molecule has 2 fully saturated rings. The van der Waals surface area contributed by atoms with Gasteiger partial charge in [0.15, 0.2) is 0 Å². The number of aliphatic hydroxyl groups is 1. The summed E-state index contributed by atoms with van der Waals surface area (Å²) in [7, 11) is 0. The van der Waals surface area contributed by atoms with Crippen LogP contribution in [-0.2, 0) is 4.74 Å². The number of nitrogens with two attached hydrogens (primary N) is 1. The van der Waals surface area contributed by atoms with E-state index in [-0.39, 0.29) is 24.0 Å². The van der Waals surface area contributed by atoms with Crippen molar-refractivity contribution in [1.29, 1.82) is 0 Å². The zero-order valence-electron chi connectivity index (χ0n) is 19.0. The van der Waals surface area contributed by atoms with E-state index < -0.39 is 28.5 Å². The number of halogens is 1. The minimum atomic E-state index is -1.28. The van der Waals surface area contributed by atoms with Gasteiger partial charge in [-0.15, -0.1) is 0 Å². The summed E-state index contributed by atoms with van der Waals surface area (Å²) >= 11 is 5.89. The van der Waals surface area contributed by atoms with Crippen LogP contribution in [0.1, 0.15) is 42.6 Å². The van der Waals surface area contributed by atoms with Crippen molar-refractivity contribution in [2.75, 3.05) is 32.8 Å². The summed E-state index contributed by atoms with van der Waals surface area (Å²) in [5.74, 6) is 0.588. The monoisotopic (exact) mass is 492 g/mol. The van der Waals surface area contributed by atoms with E-state index in [1.54, 1.807) is 36.1 Å². The molecule has 0 unspecified atom stereocenters. The van der Waals surface area contributed by atoms with Gasteiger partial charge in [0.1, 0.15) is 17.4 Å². The maximum absolute atomic E-state index is 13.0. The van der Waals surface area contributed by atoms with Crippen molar-refractivity contribution in [2.45, 2.75) is 43.4 Å². The van der Waals surface area contributed by atoms with E-state index >= 15 is 0 Å². The number of hydrogen-bond acceptors (Lipinski definition) is 7. The molecule has 3 heterocycles. The number of aromatic nitrogens is 2. The zero-order chi connectivity index (χ0) is 24.5. The summed E-state index contributed by atoms with van der Waals surface area (Å²) < 4.78 is 12.9. The third-order valence-corrected chi connectivity index (χ3v) is 6.92. The normalized spacial score (nSPS) is 24.2. The van der Waals surface area contributed by atoms with Gasteiger partial charge in [-0.1, -0.05) is 11.6 Å². The van der Waals surface area contributed by atoms with Gasteiger partial charge >= 0.3 is 5.69 Å². The van der Waals surface area contributed by atoms with Crippen LogP contribution in [0.2, 0.25) is 5.02 Å². The largest absolute Gasteiger partial charge is 0.492 e. The smallest absolute Gasteiger partial charge is 0.328 e. The number of H-pyrrole nitrogens is 1. The quantitative estimate of drug-likeness (QED) is 0.563. The molecule has 34 heavy (non-hydrogen) atoms. The minimum absolute atomic E-state index is 0.0740. The van der Waals surface area contributed by atoms with Crippen LogP contribution >= 0.6 is 11.6 Å². The Bertz CT molecular complexity index is 1150. The number of carbonyl (C=O) groups is 1. The fourth-order valence-corrected chi connectivity index (χ4v) is 4.97. The van der Waals surface area contributed by atoms with Crippen molar-refractivity contribution in [3.63, 3.8) is 0 Å². The number of aromatic amines is 1. The number of amides is 1. The van der Waals surface area contributed by atoms with Crippen LogP contribution in [0.5, 0.6) is 5.75 Å². The molecule has 2 atom stereocenters. The first-order chi connectivity index (χ1) is 16.1. The predicted molar refractivity (Wildman–Crippen MR) is 125 cm³/mol. The number of likely N-dealkylation sites (tertiary alicyclic amines) is 1. The summed E-state index contributed by atoms with van der Waals surface area (Å²) in [6, 6.07) is 6.26. The molecule has 4 N–H and O–H groups in total. The van der Waals surface area contributed by atoms with Crippen LogP contribution in [0.25, 0.3) is 0 Å². The van der Waals surface area contributed by atoms with E-state index in [1.165, 1.54) is 10.8 Å². The van der Waals surface area contributed by atoms with Gasteiger partial charge in [0.2, 0.25) is 0 Å². The highest BCUT2D eigenvalue weighted by molar-refractivity contribution is 6.30. The molecule has 2 aliphatic heterocycles. The number of rotatable bonds is 5. The summed E-state index contributed by atoms with van der Waals surface area (Å²) in [6.45, 7) is 3.52. The van der Waals surface area contributed by atoms with E-state index in [0.29, 0.717) is 50.4 Å². The Morgan fingerprint density at radius 2 is 1.97 bits per heavy atom. The van der Waals surface area contributed by atoms with E-state index in [1.807, 2.05) is 0 Å². The maximum Gasteiger partial charge on any atom is 0.328 e. The highest BCUT2D eigenvalue weighted by Crippen LogP contribution is 2.43. The molecule has 0 aliphatic carbocycles. The fraction of sp³-hybridized carbons (Fsp3) is 0.522. The Morgan fingerprint density at radius 1 is 1.29 bits per heavy atom. The summed E-state index contributed by atoms with van der Waals surface area (Å²) in [6.07, 6.45) is 2.63. The molecule has 0 bridgehead atoms. The lowest BCUT2D eigenvalue weighted by atomic mass is 9.75. The third-order valence-electron chi connectivity index (χ3n) is 6.66. The van der Waals surface area contributed by atoms with Gasteiger partial charge in [0.05, 0.1) is 23.9 Å². The summed E-state index contributed by atoms with van der Waals surface area (Å²) in [5, 5.41) is 11.1. The van der Waals surface area contributed by atoms with E-state index in [2.05, 4.69) is 4.98 Å². The van der Waals surface area contributed by atoms with Crippen molar-refractivity contribution in [3.05, 3.63) is 61.9 Å². The number of carbonyl (C=O) groups excluding carboxylic acids is 1. The van der Waals surface area contributed by atoms with Gasteiger partial charge < -0.3 is 25.2 Å². The first-order valence-corrected chi connectivity index (χ1v) is 11.6. The number of benzene rings is 1. The van der Waals surface area contributed by atoms with Crippen molar-refractivity contribution >= 4 is 17.5 Å². The number of nitrogens with one attached hydrogen (secondary N) is 1. The second-order valence-corrected chi connectivity index (χ2v) is 9.55. The Hall–Kier alpha value is -2.66. The molecule has 1 amide bonds. The fourth-order valence-electron chi connectivity index (χ4n) is 4.82. The number of piperidine rings is 1. The Kier molecular flexibility index (Phi) is 6.86. The summed E-state index contributed by atoms with van der Waals surface area (Å²) in [4.78, 5) is 40.8. The average Bonchev–Trinajstić information content (AvgIpc) is 2.80. The SMILES string of the molecule is C[C@]1(O)CC2(CCN(C(=O)c3ccc(OCCN)cc3)CC2)OC[C@@H]1n1cc(Cl)c(=O)[nH]c1=O. The minimum Gasteiger partial charge on any atom is -0.492 e. The molecule has 1 aromatic carbocycles. The van der Waals surface area contributed by atoms with E-state index in [4.69, 9.17) is 26.8 Å². The molecule has 4 rings (SSSR count). The third kappa shape index (κ3) is 4.90. The van der Waals surface area contributed by atoms with Gasteiger partial charge in [-0.25, -0.2) is 4.79 Å². The van der Waals surface area contributed by atoms with Crippen LogP contribution in [-0.4, -0.2) is 69.5 Å². The molecule has 184 valence electrons. The molecule has 0 radical (unpaired) electrons. The molecule has 1 spiro atoms. The van der Waals surface area contributed by atoms with Gasteiger partial charge in [-0.2, -0.15) is 0 Å². The predicted octanol–water partition coefficient (Wildman–Crippen LogP) is 0.915. The summed E-state index contributed by atoms with van der Waals surface area (Å²) in [5.41, 5.74) is 2.79. The lowest BCUT2D eigenvalue weighted by Crippen LogP contribution is -2.59. The van der Waals surface area contributed by atoms with Crippen LogP contribution in [0.15, 0.2) is 40.1 Å². The van der Waals surface area contributed by atoms with E-state index in [9.17, 15) is 19.5 Å². The second kappa shape index (κ2) is 9.53. The standard InChI is InChI=1S/C23H29ClN4O6/c1-22(32)14-23(34-13-18(22)28-12-17(24)19(29)26-21(28)31)6-9-27(10-7-23)20(30)15-2-4-16(5-3-15)33-11-8-25/h2-5,12,18,32H,6-11,13-14,25H2,1H3,(H,26,29,31)/t18-,22-/m0/s1. The molecule has 2 aliphatic rings. The molecule has 0 saturated carbocycles. The van der Waals surface area contributed by atoms with E-state index in [0.717, 1.165) is 0 Å². The Balaban J connectivity index is 1.41. The molecule has 2 saturated heterocycles. The van der Waals surface area contributed by atoms with Crippen molar-refractivity contribution in [2.24, 2.45) is 5.73 Å². The van der Waals surface area contributed by atoms with Crippen LogP contribution in [0, 0.1) is 0 Å². The van der Waals surface area contributed by atoms with Crippen LogP contribution in [0.4, 0.5) is 0 Å². The first-order valence-electron chi connectivity index (χ1n) is 11.2. The lowest BCUT2D eigenvalue weighted by molar-refractivity contribution is -0.195. The molecule has 10 nitrogen and oxygen atoms in total. The highest BCUT2D eigenvalue weighted by Gasteiger charge is 2.50. The first kappa shape index (κ1) is 24.5. The molecular formula is C23H29ClN4O6. The van der Waals surface area contributed by atoms with Gasteiger partial charge in [0.25, 0.3) is 11.5 Å². The topological polar surface area (TPSA) is 140 Å². The van der Waals surface area contributed by atoms with Gasteiger partial charge in [-0.05, 0) is 44.0 Å². The van der Waals surface area contributed by atoms with Crippen LogP contribution in [0.3, 0.4) is 0 Å². The number of ether oxygens (including phenoxy) is 2. The molecular weight excluding hydrogens is 464 g/mol. The second-order valence-electron chi connectivity index (χ2n) is 9.14. The highest BCUT2D eigenvalue weighted by atomic mass is 35.5. The average molecular weight is 493 g/mol. The molecule has 1 aromatic heterocycles. The lowest BCUT2D eigenvalue weighted by Gasteiger charge is -2.51. The zero-order valence-corrected chi connectivity index (χ0v) is 19.7. The molecule has 11 heteroatoms. The molecule has 2 aromatic rings.